The number of aryl methyl sites for hydroxylation is 1. The second-order valence-electron chi connectivity index (χ2n) is 5.13. The molecule has 1 aromatic heterocycles. The molecule has 1 atom stereocenters. The standard InChI is InChI=1S/C14H21N3O5S/c1-9-8-23-14(22)16(9)6-4-12(19)17(10(2)13(20)21)7-5-15-11(3)18/h8,10H,4-7H2,1-3H3,(H,15,18)(H,20,21). The minimum atomic E-state index is -1.12. The predicted octanol–water partition coefficient (Wildman–Crippen LogP) is 0.0461. The minimum Gasteiger partial charge on any atom is -0.480 e. The van der Waals surface area contributed by atoms with Crippen LogP contribution >= 0.6 is 11.3 Å². The second kappa shape index (κ2) is 8.47. The molecule has 23 heavy (non-hydrogen) atoms. The maximum absolute atomic E-state index is 12.3. The lowest BCUT2D eigenvalue weighted by Crippen LogP contribution is -2.47. The summed E-state index contributed by atoms with van der Waals surface area (Å²) in [4.78, 5) is 47.0. The number of nitrogens with one attached hydrogen (secondary N) is 1. The monoisotopic (exact) mass is 343 g/mol. The Labute approximate surface area is 137 Å². The largest absolute Gasteiger partial charge is 0.480 e. The molecule has 2 amide bonds. The topological polar surface area (TPSA) is 109 Å². The Hall–Kier alpha value is -2.16. The molecule has 1 rings (SSSR count). The number of carboxylic acid groups (broad SMARTS) is 1. The van der Waals surface area contributed by atoms with E-state index < -0.39 is 12.0 Å². The summed E-state index contributed by atoms with van der Waals surface area (Å²) >= 11 is 1.06. The number of thiazole rings is 1. The number of carbonyl (C=O) groups is 3. The van der Waals surface area contributed by atoms with E-state index in [0.29, 0.717) is 0 Å². The molecule has 0 aliphatic heterocycles. The normalized spacial score (nSPS) is 11.8. The van der Waals surface area contributed by atoms with Crippen molar-refractivity contribution in [2.75, 3.05) is 13.1 Å². The van der Waals surface area contributed by atoms with E-state index in [2.05, 4.69) is 5.32 Å². The highest BCUT2D eigenvalue weighted by Gasteiger charge is 2.25. The van der Waals surface area contributed by atoms with Crippen LogP contribution in [0.2, 0.25) is 0 Å². The average molecular weight is 343 g/mol. The predicted molar refractivity (Wildman–Crippen MR) is 85.4 cm³/mol. The van der Waals surface area contributed by atoms with E-state index in [9.17, 15) is 19.2 Å². The van der Waals surface area contributed by atoms with Crippen LogP contribution in [0.25, 0.3) is 0 Å². The lowest BCUT2D eigenvalue weighted by Gasteiger charge is -2.26. The van der Waals surface area contributed by atoms with Gasteiger partial charge in [0.1, 0.15) is 6.04 Å². The smallest absolute Gasteiger partial charge is 0.326 e. The quantitative estimate of drug-likeness (QED) is 0.693. The van der Waals surface area contributed by atoms with Gasteiger partial charge in [-0.2, -0.15) is 0 Å². The summed E-state index contributed by atoms with van der Waals surface area (Å²) in [6.45, 7) is 5.01. The Bertz CT molecular complexity index is 637. The van der Waals surface area contributed by atoms with Gasteiger partial charge in [0.25, 0.3) is 0 Å². The number of aromatic nitrogens is 1. The molecule has 0 radical (unpaired) electrons. The first-order valence-corrected chi connectivity index (χ1v) is 8.03. The third-order valence-corrected chi connectivity index (χ3v) is 4.28. The number of aliphatic carboxylic acids is 1. The second-order valence-corrected chi connectivity index (χ2v) is 5.95. The Morgan fingerprint density at radius 2 is 2.09 bits per heavy atom. The molecule has 0 aliphatic carbocycles. The Balaban J connectivity index is 2.72. The zero-order valence-electron chi connectivity index (χ0n) is 13.4. The maximum Gasteiger partial charge on any atom is 0.326 e. The molecular formula is C14H21N3O5S. The van der Waals surface area contributed by atoms with Gasteiger partial charge in [-0.25, -0.2) is 4.79 Å². The zero-order valence-corrected chi connectivity index (χ0v) is 14.2. The third-order valence-electron chi connectivity index (χ3n) is 3.40. The van der Waals surface area contributed by atoms with Crippen molar-refractivity contribution >= 4 is 29.1 Å². The van der Waals surface area contributed by atoms with E-state index in [-0.39, 0.29) is 42.7 Å². The molecule has 0 aromatic carbocycles. The molecule has 2 N–H and O–H groups in total. The lowest BCUT2D eigenvalue weighted by atomic mass is 10.2. The van der Waals surface area contributed by atoms with Crippen LogP contribution in [-0.4, -0.2) is 51.5 Å². The van der Waals surface area contributed by atoms with Crippen molar-refractivity contribution < 1.29 is 19.5 Å². The minimum absolute atomic E-state index is 0.0230. The number of hydrogen-bond acceptors (Lipinski definition) is 5. The van der Waals surface area contributed by atoms with E-state index in [1.807, 2.05) is 0 Å². The van der Waals surface area contributed by atoms with Crippen LogP contribution in [0.5, 0.6) is 0 Å². The van der Waals surface area contributed by atoms with E-state index in [1.54, 1.807) is 12.3 Å². The van der Waals surface area contributed by atoms with Crippen LogP contribution in [0.4, 0.5) is 0 Å². The summed E-state index contributed by atoms with van der Waals surface area (Å²) in [6, 6.07) is -1.00. The molecule has 1 heterocycles. The summed E-state index contributed by atoms with van der Waals surface area (Å²) in [7, 11) is 0. The highest BCUT2D eigenvalue weighted by molar-refractivity contribution is 7.07. The molecule has 0 bridgehead atoms. The van der Waals surface area contributed by atoms with Crippen molar-refractivity contribution in [1.82, 2.24) is 14.8 Å². The van der Waals surface area contributed by atoms with Gasteiger partial charge in [-0.3, -0.25) is 14.4 Å². The van der Waals surface area contributed by atoms with Crippen molar-refractivity contribution in [3.8, 4) is 0 Å². The first kappa shape index (κ1) is 18.9. The van der Waals surface area contributed by atoms with Gasteiger partial charge < -0.3 is 19.9 Å². The van der Waals surface area contributed by atoms with Gasteiger partial charge >= 0.3 is 10.8 Å². The van der Waals surface area contributed by atoms with Gasteiger partial charge in [-0.05, 0) is 13.8 Å². The third kappa shape index (κ3) is 5.51. The Kier molecular flexibility index (Phi) is 6.95. The molecule has 128 valence electrons. The van der Waals surface area contributed by atoms with Crippen LogP contribution < -0.4 is 10.2 Å². The molecule has 0 spiro atoms. The highest BCUT2D eigenvalue weighted by Crippen LogP contribution is 2.06. The van der Waals surface area contributed by atoms with Gasteiger partial charge in [0.2, 0.25) is 11.8 Å². The summed E-state index contributed by atoms with van der Waals surface area (Å²) in [5.74, 6) is -1.74. The first-order chi connectivity index (χ1) is 10.7. The Morgan fingerprint density at radius 1 is 1.43 bits per heavy atom. The van der Waals surface area contributed by atoms with Crippen LogP contribution in [0.1, 0.15) is 26.0 Å². The van der Waals surface area contributed by atoms with Crippen LogP contribution in [0, 0.1) is 6.92 Å². The average Bonchev–Trinajstić information content (AvgIpc) is 2.79. The summed E-state index contributed by atoms with van der Waals surface area (Å²) in [5.41, 5.74) is 0.767. The SMILES string of the molecule is CC(=O)NCCN(C(=O)CCn1c(C)csc1=O)C(C)C(=O)O. The number of carboxylic acids is 1. The van der Waals surface area contributed by atoms with E-state index in [0.717, 1.165) is 17.0 Å². The molecule has 1 unspecified atom stereocenters. The van der Waals surface area contributed by atoms with Crippen molar-refractivity contribution in [3.63, 3.8) is 0 Å². The van der Waals surface area contributed by atoms with Crippen LogP contribution in [0.3, 0.4) is 0 Å². The number of hydrogen-bond donors (Lipinski definition) is 2. The molecule has 0 aliphatic rings. The van der Waals surface area contributed by atoms with Gasteiger partial charge in [0.05, 0.1) is 0 Å². The summed E-state index contributed by atoms with van der Waals surface area (Å²) in [6.07, 6.45) is 0.0230. The highest BCUT2D eigenvalue weighted by atomic mass is 32.1. The van der Waals surface area contributed by atoms with Crippen molar-refractivity contribution in [3.05, 3.63) is 20.7 Å². The van der Waals surface area contributed by atoms with Gasteiger partial charge in [0.15, 0.2) is 0 Å². The summed E-state index contributed by atoms with van der Waals surface area (Å²) in [5, 5.41) is 13.4. The zero-order chi connectivity index (χ0) is 17.6. The molecule has 9 heteroatoms. The van der Waals surface area contributed by atoms with Gasteiger partial charge in [-0.15, -0.1) is 0 Å². The fourth-order valence-electron chi connectivity index (χ4n) is 2.05. The molecule has 0 fully saturated rings. The van der Waals surface area contributed by atoms with Crippen LogP contribution in [0.15, 0.2) is 10.2 Å². The van der Waals surface area contributed by atoms with E-state index in [1.165, 1.54) is 23.3 Å². The fraction of sp³-hybridized carbons (Fsp3) is 0.571. The number of amides is 2. The van der Waals surface area contributed by atoms with E-state index >= 15 is 0 Å². The fourth-order valence-corrected chi connectivity index (χ4v) is 2.81. The van der Waals surface area contributed by atoms with Crippen LogP contribution in [-0.2, 0) is 20.9 Å². The van der Waals surface area contributed by atoms with Crippen molar-refractivity contribution in [1.29, 1.82) is 0 Å². The van der Waals surface area contributed by atoms with Gasteiger partial charge in [0, 0.05) is 44.1 Å². The molecular weight excluding hydrogens is 322 g/mol. The van der Waals surface area contributed by atoms with Gasteiger partial charge in [-0.1, -0.05) is 11.3 Å². The number of nitrogens with zero attached hydrogens (tertiary/aromatic N) is 2. The van der Waals surface area contributed by atoms with Crippen molar-refractivity contribution in [2.24, 2.45) is 0 Å². The molecule has 1 aromatic rings. The Morgan fingerprint density at radius 3 is 2.57 bits per heavy atom. The number of carbonyl (C=O) groups excluding carboxylic acids is 2. The van der Waals surface area contributed by atoms with Crippen molar-refractivity contribution in [2.45, 2.75) is 39.8 Å². The maximum atomic E-state index is 12.3. The molecule has 0 saturated heterocycles. The van der Waals surface area contributed by atoms with E-state index in [4.69, 9.17) is 5.11 Å². The summed E-state index contributed by atoms with van der Waals surface area (Å²) < 4.78 is 1.49. The number of rotatable bonds is 8. The molecule has 8 nitrogen and oxygen atoms in total. The lowest BCUT2D eigenvalue weighted by molar-refractivity contribution is -0.149. The first-order valence-electron chi connectivity index (χ1n) is 7.15. The molecule has 0 saturated carbocycles.